The average molecular weight is 746 g/mol. The van der Waals surface area contributed by atoms with Gasteiger partial charge in [0, 0.05) is 36.7 Å². The van der Waals surface area contributed by atoms with E-state index in [1.807, 2.05) is 24.3 Å². The third-order valence-electron chi connectivity index (χ3n) is 12.5. The fourth-order valence-electron chi connectivity index (χ4n) is 10.3. The van der Waals surface area contributed by atoms with E-state index in [2.05, 4.69) is 84.7 Å². The summed E-state index contributed by atoms with van der Waals surface area (Å²) in [7, 11) is 3.88. The van der Waals surface area contributed by atoms with Crippen LogP contribution in [0.1, 0.15) is 67.2 Å². The van der Waals surface area contributed by atoms with Crippen molar-refractivity contribution in [3.05, 3.63) is 119 Å². The van der Waals surface area contributed by atoms with Crippen LogP contribution >= 0.6 is 0 Å². The molecule has 0 radical (unpaired) electrons. The fraction of sp³-hybridized carbons (Fsp3) is 0.468. The first-order valence-electron chi connectivity index (χ1n) is 20.2. The van der Waals surface area contributed by atoms with Crippen molar-refractivity contribution < 1.29 is 33.2 Å². The predicted octanol–water partition coefficient (Wildman–Crippen LogP) is 8.89. The quantitative estimate of drug-likeness (QED) is 0.0739. The maximum Gasteiger partial charge on any atom is 0.312 e. The summed E-state index contributed by atoms with van der Waals surface area (Å²) < 4.78 is 35.6. The summed E-state index contributed by atoms with van der Waals surface area (Å²) in [4.78, 5) is 15.3. The van der Waals surface area contributed by atoms with Gasteiger partial charge < -0.3 is 33.3 Å². The first-order chi connectivity index (χ1) is 27.0. The number of methoxy groups -OCH3 is 1. The van der Waals surface area contributed by atoms with Gasteiger partial charge in [-0.1, -0.05) is 60.7 Å². The largest absolute Gasteiger partial charge is 0.491 e. The molecule has 0 N–H and O–H groups in total. The van der Waals surface area contributed by atoms with E-state index >= 15 is 0 Å². The van der Waals surface area contributed by atoms with Gasteiger partial charge in [0.05, 0.1) is 38.4 Å². The molecule has 0 atom stereocenters. The molecule has 1 aliphatic heterocycles. The summed E-state index contributed by atoms with van der Waals surface area (Å²) >= 11 is 0. The third kappa shape index (κ3) is 7.87. The lowest BCUT2D eigenvalue weighted by molar-refractivity contribution is -0.171. The summed E-state index contributed by atoms with van der Waals surface area (Å²) in [6, 6.07) is 33.2. The molecule has 8 heteroatoms. The summed E-state index contributed by atoms with van der Waals surface area (Å²) in [6.07, 6.45) is 8.93. The van der Waals surface area contributed by atoms with Crippen LogP contribution in [0.2, 0.25) is 0 Å². The van der Waals surface area contributed by atoms with Crippen LogP contribution in [0, 0.1) is 23.2 Å². The van der Waals surface area contributed by atoms with E-state index in [4.69, 9.17) is 28.4 Å². The predicted molar refractivity (Wildman–Crippen MR) is 213 cm³/mol. The highest BCUT2D eigenvalue weighted by Gasteiger charge is 2.55. The van der Waals surface area contributed by atoms with Crippen LogP contribution in [0.5, 0.6) is 11.5 Å². The maximum atomic E-state index is 13.1. The molecular formula is C47H55NO7. The molecule has 4 fully saturated rings. The van der Waals surface area contributed by atoms with Gasteiger partial charge in [-0.3, -0.25) is 4.79 Å². The minimum Gasteiger partial charge on any atom is -0.491 e. The molecule has 4 aromatic carbocycles. The van der Waals surface area contributed by atoms with Crippen molar-refractivity contribution in [2.75, 3.05) is 65.3 Å². The summed E-state index contributed by atoms with van der Waals surface area (Å²) in [5.41, 5.74) is 5.83. The number of aryl methyl sites for hydroxylation is 1. The number of carbonyl (C=O) groups is 1. The first kappa shape index (κ1) is 37.5. The van der Waals surface area contributed by atoms with Crippen molar-refractivity contribution in [3.63, 3.8) is 0 Å². The smallest absolute Gasteiger partial charge is 0.312 e. The van der Waals surface area contributed by atoms with Gasteiger partial charge in [0.1, 0.15) is 30.3 Å². The van der Waals surface area contributed by atoms with Crippen LogP contribution < -0.4 is 14.4 Å². The summed E-state index contributed by atoms with van der Waals surface area (Å²) in [5.74, 6) is 3.95. The third-order valence-corrected chi connectivity index (χ3v) is 12.5. The standard InChI is InChI=1S/C47H55NO7/c1-48-43-11-5-3-9-41(43)47(50-2,42-10-4-6-12-44(42)48)38-15-19-40(20-16-38)54-27-25-52-23-22-51-24-26-53-39-17-13-34(14-18-39)8-7-21-55-45(49)46-31-35-28-36(32-46)30-37(29-35)33-46/h3-6,9-20,35-37H,7-8,21-33H2,1-2H3. The molecular weight excluding hydrogens is 691 g/mol. The Balaban J connectivity index is 0.689. The number of benzene rings is 4. The van der Waals surface area contributed by atoms with E-state index in [1.54, 1.807) is 7.11 Å². The molecule has 4 aromatic rings. The van der Waals surface area contributed by atoms with E-state index in [-0.39, 0.29) is 11.4 Å². The lowest BCUT2D eigenvalue weighted by Crippen LogP contribution is -2.50. The molecule has 4 bridgehead atoms. The van der Waals surface area contributed by atoms with Gasteiger partial charge >= 0.3 is 5.97 Å². The Morgan fingerprint density at radius 3 is 1.65 bits per heavy atom. The molecule has 0 aromatic heterocycles. The molecule has 0 unspecified atom stereocenters. The Morgan fingerprint density at radius 1 is 0.636 bits per heavy atom. The van der Waals surface area contributed by atoms with Gasteiger partial charge in [-0.2, -0.15) is 0 Å². The molecule has 4 aliphatic carbocycles. The number of carbonyl (C=O) groups excluding carboxylic acids is 1. The summed E-state index contributed by atoms with van der Waals surface area (Å²) in [5, 5.41) is 0. The van der Waals surface area contributed by atoms with Crippen molar-refractivity contribution >= 4 is 17.3 Å². The maximum absolute atomic E-state index is 13.1. The highest BCUT2D eigenvalue weighted by Crippen LogP contribution is 2.60. The number of anilines is 2. The highest BCUT2D eigenvalue weighted by atomic mass is 16.6. The topological polar surface area (TPSA) is 75.7 Å². The lowest BCUT2D eigenvalue weighted by atomic mass is 9.49. The number of esters is 1. The Kier molecular flexibility index (Phi) is 11.5. The minimum atomic E-state index is -0.732. The van der Waals surface area contributed by atoms with Crippen LogP contribution in [0.15, 0.2) is 97.1 Å². The van der Waals surface area contributed by atoms with Crippen molar-refractivity contribution in [1.29, 1.82) is 0 Å². The Hall–Kier alpha value is -4.37. The van der Waals surface area contributed by atoms with Crippen LogP contribution in [0.25, 0.3) is 0 Å². The molecule has 55 heavy (non-hydrogen) atoms. The number of nitrogens with zero attached hydrogens (tertiary/aromatic N) is 1. The Morgan fingerprint density at radius 2 is 1.13 bits per heavy atom. The number of rotatable bonds is 18. The second kappa shape index (κ2) is 16.8. The van der Waals surface area contributed by atoms with Gasteiger partial charge in [-0.05, 0) is 117 Å². The van der Waals surface area contributed by atoms with Crippen LogP contribution in [0.3, 0.4) is 0 Å². The van der Waals surface area contributed by atoms with E-state index in [0.29, 0.717) is 46.2 Å². The molecule has 0 spiro atoms. The molecule has 0 saturated heterocycles. The van der Waals surface area contributed by atoms with E-state index < -0.39 is 5.60 Å². The highest BCUT2D eigenvalue weighted by molar-refractivity contribution is 5.79. The van der Waals surface area contributed by atoms with Gasteiger partial charge in [0.25, 0.3) is 0 Å². The van der Waals surface area contributed by atoms with E-state index in [1.165, 1.54) is 24.8 Å². The van der Waals surface area contributed by atoms with Gasteiger partial charge in [-0.25, -0.2) is 0 Å². The van der Waals surface area contributed by atoms with E-state index in [9.17, 15) is 4.79 Å². The molecule has 290 valence electrons. The normalized spacial score (nSPS) is 22.9. The van der Waals surface area contributed by atoms with Crippen molar-refractivity contribution in [3.8, 4) is 11.5 Å². The molecule has 4 saturated carbocycles. The monoisotopic (exact) mass is 745 g/mol. The molecule has 1 heterocycles. The zero-order valence-electron chi connectivity index (χ0n) is 32.4. The second-order valence-corrected chi connectivity index (χ2v) is 16.0. The number of ether oxygens (including phenoxy) is 6. The van der Waals surface area contributed by atoms with Crippen molar-refractivity contribution in [2.24, 2.45) is 23.2 Å². The minimum absolute atomic E-state index is 0.0825. The second-order valence-electron chi connectivity index (χ2n) is 16.0. The number of hydrogen-bond donors (Lipinski definition) is 0. The van der Waals surface area contributed by atoms with Crippen LogP contribution in [-0.4, -0.2) is 66.4 Å². The number of para-hydroxylation sites is 2. The van der Waals surface area contributed by atoms with E-state index in [0.717, 1.165) is 89.4 Å². The van der Waals surface area contributed by atoms with Crippen molar-refractivity contribution in [2.45, 2.75) is 57.0 Å². The SMILES string of the molecule is COC1(c2ccc(OCCOCCOCCOc3ccc(CCCOC(=O)C45CC6CC(CC(C6)C4)C5)cc3)cc2)c2ccccc2N(C)c2ccccc21. The average Bonchev–Trinajstić information content (AvgIpc) is 3.21. The molecule has 5 aliphatic rings. The zero-order valence-corrected chi connectivity index (χ0v) is 32.4. The summed E-state index contributed by atoms with van der Waals surface area (Å²) in [6.45, 7) is 3.33. The Labute approximate surface area is 326 Å². The van der Waals surface area contributed by atoms with Crippen molar-refractivity contribution in [1.82, 2.24) is 0 Å². The van der Waals surface area contributed by atoms with Gasteiger partial charge in [-0.15, -0.1) is 0 Å². The molecule has 8 nitrogen and oxygen atoms in total. The Bertz CT molecular complexity index is 1810. The fourth-order valence-corrected chi connectivity index (χ4v) is 10.3. The molecule has 0 amide bonds. The number of fused-ring (bicyclic) bond motifs is 2. The van der Waals surface area contributed by atoms with Crippen LogP contribution in [-0.2, 0) is 35.8 Å². The number of hydrogen-bond acceptors (Lipinski definition) is 8. The van der Waals surface area contributed by atoms with Gasteiger partial charge in [0.15, 0.2) is 0 Å². The van der Waals surface area contributed by atoms with Crippen LogP contribution in [0.4, 0.5) is 11.4 Å². The zero-order chi connectivity index (χ0) is 37.7. The molecule has 9 rings (SSSR count). The lowest BCUT2D eigenvalue weighted by Gasteiger charge is -2.55. The van der Waals surface area contributed by atoms with Gasteiger partial charge in [0.2, 0.25) is 0 Å². The first-order valence-corrected chi connectivity index (χ1v) is 20.2.